The molecule has 1 saturated carbocycles. The molecule has 0 spiro atoms. The Morgan fingerprint density at radius 1 is 1.05 bits per heavy atom. The molecule has 0 radical (unpaired) electrons. The van der Waals surface area contributed by atoms with Crippen molar-refractivity contribution in [1.29, 1.82) is 0 Å². The Labute approximate surface area is 128 Å². The average Bonchev–Trinajstić information content (AvgIpc) is 2.52. The number of aryl methyl sites for hydroxylation is 1. The van der Waals surface area contributed by atoms with Crippen molar-refractivity contribution >= 4 is 17.8 Å². The van der Waals surface area contributed by atoms with Crippen molar-refractivity contribution in [2.45, 2.75) is 32.6 Å². The second-order valence-corrected chi connectivity index (χ2v) is 5.57. The highest BCUT2D eigenvalue weighted by molar-refractivity contribution is 5.97. The van der Waals surface area contributed by atoms with E-state index in [9.17, 15) is 19.5 Å². The zero-order valence-corrected chi connectivity index (χ0v) is 12.4. The van der Waals surface area contributed by atoms with Crippen LogP contribution in [-0.2, 0) is 9.59 Å². The monoisotopic (exact) mass is 303 g/mol. The first-order chi connectivity index (χ1) is 10.5. The lowest BCUT2D eigenvalue weighted by Gasteiger charge is -2.31. The smallest absolute Gasteiger partial charge is 0.269 e. The molecule has 1 aliphatic carbocycles. The van der Waals surface area contributed by atoms with Crippen LogP contribution < -0.4 is 16.0 Å². The minimum atomic E-state index is -1.20. The quantitative estimate of drug-likeness (QED) is 0.785. The molecule has 0 saturated heterocycles. The van der Waals surface area contributed by atoms with Crippen LogP contribution >= 0.6 is 0 Å². The van der Waals surface area contributed by atoms with Gasteiger partial charge in [-0.3, -0.25) is 20.4 Å². The molecule has 2 rings (SSSR count). The molecular formula is C16H19N2O4-. The summed E-state index contributed by atoms with van der Waals surface area (Å²) >= 11 is 0. The molecule has 1 fully saturated rings. The maximum Gasteiger partial charge on any atom is 0.269 e. The summed E-state index contributed by atoms with van der Waals surface area (Å²) in [5.74, 6) is -3.55. The summed E-state index contributed by atoms with van der Waals surface area (Å²) in [6, 6.07) is 7.00. The van der Waals surface area contributed by atoms with Crippen LogP contribution in [0.1, 0.15) is 41.6 Å². The van der Waals surface area contributed by atoms with Gasteiger partial charge in [-0.05, 0) is 31.4 Å². The standard InChI is InChI=1S/C16H20N2O4/c1-10-6-2-3-7-11(10)14(19)17-18-15(20)12-8-4-5-9-13(12)16(21)22/h2-3,6-7,12-13H,4-5,8-9H2,1H3,(H,17,19)(H,18,20)(H,21,22)/p-1/t12-,13+/m1/s1. The maximum atomic E-state index is 12.1. The molecule has 0 heterocycles. The molecule has 1 aliphatic rings. The van der Waals surface area contributed by atoms with Crippen molar-refractivity contribution in [2.75, 3.05) is 0 Å². The number of benzene rings is 1. The Morgan fingerprint density at radius 2 is 1.68 bits per heavy atom. The fraction of sp³-hybridized carbons (Fsp3) is 0.438. The summed E-state index contributed by atoms with van der Waals surface area (Å²) in [5, 5.41) is 11.1. The van der Waals surface area contributed by atoms with E-state index in [1.54, 1.807) is 25.1 Å². The summed E-state index contributed by atoms with van der Waals surface area (Å²) < 4.78 is 0. The highest BCUT2D eigenvalue weighted by atomic mass is 16.4. The van der Waals surface area contributed by atoms with Gasteiger partial charge < -0.3 is 9.90 Å². The number of aliphatic carboxylic acids is 1. The van der Waals surface area contributed by atoms with E-state index in [1.165, 1.54) is 0 Å². The zero-order chi connectivity index (χ0) is 16.1. The number of carboxylic acids is 1. The molecular weight excluding hydrogens is 284 g/mol. The Morgan fingerprint density at radius 3 is 2.32 bits per heavy atom. The van der Waals surface area contributed by atoms with Crippen molar-refractivity contribution in [3.8, 4) is 0 Å². The van der Waals surface area contributed by atoms with Gasteiger partial charge in [-0.1, -0.05) is 31.0 Å². The molecule has 22 heavy (non-hydrogen) atoms. The molecule has 0 aromatic heterocycles. The van der Waals surface area contributed by atoms with Crippen molar-refractivity contribution in [3.05, 3.63) is 35.4 Å². The number of hydrogen-bond acceptors (Lipinski definition) is 4. The lowest BCUT2D eigenvalue weighted by atomic mass is 9.79. The third-order valence-corrected chi connectivity index (χ3v) is 4.09. The SMILES string of the molecule is Cc1ccccc1C(=O)NNC(=O)[C@@H]1CCCC[C@@H]1C(=O)[O-]. The largest absolute Gasteiger partial charge is 0.550 e. The molecule has 0 unspecified atom stereocenters. The normalized spacial score (nSPS) is 21.0. The zero-order valence-electron chi connectivity index (χ0n) is 12.4. The lowest BCUT2D eigenvalue weighted by molar-refractivity contribution is -0.314. The van der Waals surface area contributed by atoms with E-state index in [4.69, 9.17) is 0 Å². The third-order valence-electron chi connectivity index (χ3n) is 4.09. The predicted molar refractivity (Wildman–Crippen MR) is 77.2 cm³/mol. The van der Waals surface area contributed by atoms with Crippen LogP contribution in [0.2, 0.25) is 0 Å². The van der Waals surface area contributed by atoms with Crippen molar-refractivity contribution in [3.63, 3.8) is 0 Å². The van der Waals surface area contributed by atoms with E-state index in [0.717, 1.165) is 18.4 Å². The topological polar surface area (TPSA) is 98.3 Å². The summed E-state index contributed by atoms with van der Waals surface area (Å²) in [6.45, 7) is 1.80. The summed E-state index contributed by atoms with van der Waals surface area (Å²) in [5.41, 5.74) is 5.93. The van der Waals surface area contributed by atoms with Gasteiger partial charge >= 0.3 is 0 Å². The molecule has 1 aromatic carbocycles. The van der Waals surface area contributed by atoms with Gasteiger partial charge in [0.05, 0.1) is 0 Å². The second-order valence-electron chi connectivity index (χ2n) is 5.57. The summed E-state index contributed by atoms with van der Waals surface area (Å²) in [7, 11) is 0. The van der Waals surface area contributed by atoms with Crippen LogP contribution in [0.3, 0.4) is 0 Å². The first kappa shape index (κ1) is 16.0. The van der Waals surface area contributed by atoms with Crippen LogP contribution in [0, 0.1) is 18.8 Å². The number of carbonyl (C=O) groups excluding carboxylic acids is 3. The maximum absolute atomic E-state index is 12.1. The Kier molecular flexibility index (Phi) is 5.14. The molecule has 6 nitrogen and oxygen atoms in total. The summed E-state index contributed by atoms with van der Waals surface area (Å²) in [4.78, 5) is 35.2. The highest BCUT2D eigenvalue weighted by Gasteiger charge is 2.32. The molecule has 1 aromatic rings. The van der Waals surface area contributed by atoms with E-state index in [2.05, 4.69) is 10.9 Å². The molecule has 2 atom stereocenters. The van der Waals surface area contributed by atoms with E-state index in [1.807, 2.05) is 6.07 Å². The van der Waals surface area contributed by atoms with Gasteiger partial charge in [0.2, 0.25) is 5.91 Å². The van der Waals surface area contributed by atoms with Crippen LogP contribution in [0.5, 0.6) is 0 Å². The van der Waals surface area contributed by atoms with E-state index in [0.29, 0.717) is 18.4 Å². The number of rotatable bonds is 3. The van der Waals surface area contributed by atoms with Gasteiger partial charge in [-0.25, -0.2) is 0 Å². The fourth-order valence-corrected chi connectivity index (χ4v) is 2.83. The van der Waals surface area contributed by atoms with Gasteiger partial charge in [-0.2, -0.15) is 0 Å². The minimum Gasteiger partial charge on any atom is -0.550 e. The van der Waals surface area contributed by atoms with Gasteiger partial charge in [-0.15, -0.1) is 0 Å². The number of amides is 2. The number of hydrazine groups is 1. The third kappa shape index (κ3) is 3.63. The molecule has 2 N–H and O–H groups in total. The Hall–Kier alpha value is -2.37. The summed E-state index contributed by atoms with van der Waals surface area (Å²) in [6.07, 6.45) is 2.50. The van der Waals surface area contributed by atoms with Crippen molar-refractivity contribution in [1.82, 2.24) is 10.9 Å². The van der Waals surface area contributed by atoms with E-state index in [-0.39, 0.29) is 0 Å². The molecule has 6 heteroatoms. The van der Waals surface area contributed by atoms with Crippen LogP contribution in [-0.4, -0.2) is 17.8 Å². The van der Waals surface area contributed by atoms with Gasteiger partial charge in [0.25, 0.3) is 5.91 Å². The van der Waals surface area contributed by atoms with Gasteiger partial charge in [0.1, 0.15) is 0 Å². The van der Waals surface area contributed by atoms with Crippen LogP contribution in [0.4, 0.5) is 0 Å². The Bertz CT molecular complexity index is 585. The number of hydrogen-bond donors (Lipinski definition) is 2. The lowest BCUT2D eigenvalue weighted by Crippen LogP contribution is -2.49. The van der Waals surface area contributed by atoms with Crippen molar-refractivity contribution in [2.24, 2.45) is 11.8 Å². The van der Waals surface area contributed by atoms with Crippen LogP contribution in [0.25, 0.3) is 0 Å². The molecule has 0 bridgehead atoms. The molecule has 0 aliphatic heterocycles. The Balaban J connectivity index is 1.96. The van der Waals surface area contributed by atoms with Crippen LogP contribution in [0.15, 0.2) is 24.3 Å². The van der Waals surface area contributed by atoms with E-state index >= 15 is 0 Å². The number of carbonyl (C=O) groups is 3. The minimum absolute atomic E-state index is 0.424. The first-order valence-corrected chi connectivity index (χ1v) is 7.37. The second kappa shape index (κ2) is 7.06. The number of nitrogens with one attached hydrogen (secondary N) is 2. The molecule has 2 amide bonds. The van der Waals surface area contributed by atoms with Crippen molar-refractivity contribution < 1.29 is 19.5 Å². The van der Waals surface area contributed by atoms with Gasteiger partial charge in [0, 0.05) is 23.4 Å². The highest BCUT2D eigenvalue weighted by Crippen LogP contribution is 2.29. The predicted octanol–water partition coefficient (Wildman–Crippen LogP) is 0.312. The average molecular weight is 303 g/mol. The van der Waals surface area contributed by atoms with E-state index < -0.39 is 29.6 Å². The molecule has 118 valence electrons. The fourth-order valence-electron chi connectivity index (χ4n) is 2.83. The number of carboxylic acid groups (broad SMARTS) is 1. The van der Waals surface area contributed by atoms with Gasteiger partial charge in [0.15, 0.2) is 0 Å². The first-order valence-electron chi connectivity index (χ1n) is 7.37.